The van der Waals surface area contributed by atoms with Crippen molar-refractivity contribution in [3.8, 4) is 5.75 Å². The lowest BCUT2D eigenvalue weighted by atomic mass is 10.1. The number of likely N-dealkylation sites (tertiary alicyclic amines) is 1. The highest BCUT2D eigenvalue weighted by Gasteiger charge is 2.31. The second-order valence-electron chi connectivity index (χ2n) is 5.92. The number of alkyl halides is 3. The predicted molar refractivity (Wildman–Crippen MR) is 89.9 cm³/mol. The van der Waals surface area contributed by atoms with E-state index in [0.717, 1.165) is 0 Å². The van der Waals surface area contributed by atoms with Crippen LogP contribution in [0.25, 0.3) is 0 Å². The zero-order valence-electron chi connectivity index (χ0n) is 14.7. The van der Waals surface area contributed by atoms with Crippen LogP contribution in [0, 0.1) is 0 Å². The van der Waals surface area contributed by atoms with Crippen molar-refractivity contribution in [2.24, 2.45) is 5.16 Å². The normalized spacial score (nSPS) is 16.3. The first-order valence-electron chi connectivity index (χ1n) is 8.37. The monoisotopic (exact) mass is 390 g/mol. The molecule has 150 valence electrons. The van der Waals surface area contributed by atoms with Crippen molar-refractivity contribution in [1.82, 2.24) is 4.90 Å². The first-order chi connectivity index (χ1) is 12.7. The maximum Gasteiger partial charge on any atom is 0.573 e. The van der Waals surface area contributed by atoms with Crippen LogP contribution in [0.15, 0.2) is 29.4 Å². The lowest BCUT2D eigenvalue weighted by Gasteiger charge is -2.29. The summed E-state index contributed by atoms with van der Waals surface area (Å²) in [4.78, 5) is 17.3. The first kappa shape index (κ1) is 20.8. The van der Waals surface area contributed by atoms with Crippen molar-refractivity contribution < 1.29 is 37.4 Å². The van der Waals surface area contributed by atoms with E-state index in [-0.39, 0.29) is 18.5 Å². The second kappa shape index (κ2) is 9.45. The molecule has 27 heavy (non-hydrogen) atoms. The number of halogens is 3. The second-order valence-corrected chi connectivity index (χ2v) is 5.92. The number of amides is 1. The van der Waals surface area contributed by atoms with Gasteiger partial charge in [-0.1, -0.05) is 5.16 Å². The van der Waals surface area contributed by atoms with E-state index in [1.165, 1.54) is 29.2 Å². The SMILES string of the molecule is CC(=NOCCOC1CCN(C(=O)O)CC1)c1ccc(OC(F)(F)F)cc1. The lowest BCUT2D eigenvalue weighted by Crippen LogP contribution is -2.40. The third kappa shape index (κ3) is 7.33. The zero-order valence-corrected chi connectivity index (χ0v) is 14.7. The fourth-order valence-corrected chi connectivity index (χ4v) is 2.56. The van der Waals surface area contributed by atoms with E-state index in [1.807, 2.05) is 0 Å². The number of rotatable bonds is 7. The predicted octanol–water partition coefficient (Wildman–Crippen LogP) is 3.48. The fraction of sp³-hybridized carbons (Fsp3) is 0.529. The van der Waals surface area contributed by atoms with Crippen LogP contribution >= 0.6 is 0 Å². The van der Waals surface area contributed by atoms with E-state index in [0.29, 0.717) is 43.8 Å². The van der Waals surface area contributed by atoms with E-state index in [1.54, 1.807) is 6.92 Å². The molecule has 1 aromatic carbocycles. The summed E-state index contributed by atoms with van der Waals surface area (Å²) in [5.41, 5.74) is 1.11. The molecule has 1 N–H and O–H groups in total. The highest BCUT2D eigenvalue weighted by Crippen LogP contribution is 2.23. The molecular formula is C17H21F3N2O5. The number of oxime groups is 1. The Morgan fingerprint density at radius 2 is 1.85 bits per heavy atom. The van der Waals surface area contributed by atoms with Crippen molar-refractivity contribution >= 4 is 11.8 Å². The molecule has 0 aliphatic carbocycles. The Morgan fingerprint density at radius 1 is 1.22 bits per heavy atom. The number of ether oxygens (including phenoxy) is 2. The van der Waals surface area contributed by atoms with E-state index in [4.69, 9.17) is 14.7 Å². The molecule has 1 amide bonds. The van der Waals surface area contributed by atoms with E-state index in [2.05, 4.69) is 9.89 Å². The average Bonchev–Trinajstić information content (AvgIpc) is 2.61. The van der Waals surface area contributed by atoms with Gasteiger partial charge in [0.25, 0.3) is 0 Å². The molecule has 0 spiro atoms. The van der Waals surface area contributed by atoms with Crippen molar-refractivity contribution in [2.45, 2.75) is 32.2 Å². The minimum atomic E-state index is -4.72. The fourth-order valence-electron chi connectivity index (χ4n) is 2.56. The van der Waals surface area contributed by atoms with Gasteiger partial charge in [-0.25, -0.2) is 4.79 Å². The van der Waals surface area contributed by atoms with E-state index >= 15 is 0 Å². The molecule has 1 aliphatic heterocycles. The molecule has 0 unspecified atom stereocenters. The largest absolute Gasteiger partial charge is 0.573 e. The van der Waals surface area contributed by atoms with E-state index in [9.17, 15) is 18.0 Å². The molecular weight excluding hydrogens is 369 g/mol. The number of piperidine rings is 1. The van der Waals surface area contributed by atoms with Crippen LogP contribution in [-0.2, 0) is 9.57 Å². The maximum absolute atomic E-state index is 12.1. The molecule has 1 aromatic rings. The minimum absolute atomic E-state index is 0.00421. The maximum atomic E-state index is 12.1. The average molecular weight is 390 g/mol. The summed E-state index contributed by atoms with van der Waals surface area (Å²) in [5.74, 6) is -0.303. The molecule has 2 rings (SSSR count). The number of hydrogen-bond acceptors (Lipinski definition) is 5. The summed E-state index contributed by atoms with van der Waals surface area (Å²) < 4.78 is 45.8. The van der Waals surface area contributed by atoms with Gasteiger partial charge in [-0.05, 0) is 49.6 Å². The van der Waals surface area contributed by atoms with Crippen LogP contribution in [0.5, 0.6) is 5.75 Å². The third-order valence-electron chi connectivity index (χ3n) is 3.95. The molecule has 0 atom stereocenters. The summed E-state index contributed by atoms with van der Waals surface area (Å²) in [6.45, 7) is 3.10. The van der Waals surface area contributed by atoms with Crippen LogP contribution in [0.1, 0.15) is 25.3 Å². The Morgan fingerprint density at radius 3 is 2.41 bits per heavy atom. The Bertz CT molecular complexity index is 641. The van der Waals surface area contributed by atoms with Gasteiger partial charge in [-0.15, -0.1) is 13.2 Å². The van der Waals surface area contributed by atoms with Gasteiger partial charge in [0.1, 0.15) is 12.4 Å². The number of benzene rings is 1. The molecule has 1 heterocycles. The molecule has 0 bridgehead atoms. The number of carbonyl (C=O) groups is 1. The van der Waals surface area contributed by atoms with E-state index < -0.39 is 12.5 Å². The number of carboxylic acid groups (broad SMARTS) is 1. The molecule has 7 nitrogen and oxygen atoms in total. The Kier molecular flexibility index (Phi) is 7.28. The number of nitrogens with zero attached hydrogens (tertiary/aromatic N) is 2. The highest BCUT2D eigenvalue weighted by atomic mass is 19.4. The smallest absolute Gasteiger partial charge is 0.465 e. The van der Waals surface area contributed by atoms with Gasteiger partial charge in [-0.3, -0.25) is 0 Å². The summed E-state index contributed by atoms with van der Waals surface area (Å²) in [6, 6.07) is 5.31. The van der Waals surface area contributed by atoms with Crippen LogP contribution in [-0.4, -0.2) is 60.6 Å². The molecule has 1 saturated heterocycles. The zero-order chi connectivity index (χ0) is 19.9. The summed E-state index contributed by atoms with van der Waals surface area (Å²) in [7, 11) is 0. The molecule has 0 aromatic heterocycles. The van der Waals surface area contributed by atoms with Gasteiger partial charge in [-0.2, -0.15) is 0 Å². The number of hydrogen-bond donors (Lipinski definition) is 1. The minimum Gasteiger partial charge on any atom is -0.465 e. The van der Waals surface area contributed by atoms with Crippen LogP contribution in [0.3, 0.4) is 0 Å². The quantitative estimate of drug-likeness (QED) is 0.438. The van der Waals surface area contributed by atoms with Gasteiger partial charge in [0.05, 0.1) is 18.4 Å². The molecule has 1 aliphatic rings. The summed E-state index contributed by atoms with van der Waals surface area (Å²) >= 11 is 0. The van der Waals surface area contributed by atoms with Crippen molar-refractivity contribution in [3.05, 3.63) is 29.8 Å². The molecule has 1 fully saturated rings. The van der Waals surface area contributed by atoms with Crippen molar-refractivity contribution in [3.63, 3.8) is 0 Å². The Balaban J connectivity index is 1.68. The lowest BCUT2D eigenvalue weighted by molar-refractivity contribution is -0.274. The van der Waals surface area contributed by atoms with Crippen LogP contribution < -0.4 is 4.74 Å². The van der Waals surface area contributed by atoms with Gasteiger partial charge in [0, 0.05) is 13.1 Å². The molecule has 10 heteroatoms. The Labute approximate surface area is 154 Å². The first-order valence-corrected chi connectivity index (χ1v) is 8.37. The molecule has 0 saturated carbocycles. The van der Waals surface area contributed by atoms with Gasteiger partial charge >= 0.3 is 12.5 Å². The standard InChI is InChI=1S/C17H21F3N2O5/c1-12(13-2-4-15(5-3-13)27-17(18,19)20)21-26-11-10-25-14-6-8-22(9-7-14)16(23)24/h2-5,14H,6-11H2,1H3,(H,23,24). The summed E-state index contributed by atoms with van der Waals surface area (Å²) in [6.07, 6.45) is -4.37. The van der Waals surface area contributed by atoms with Crippen LogP contribution in [0.4, 0.5) is 18.0 Å². The highest BCUT2D eigenvalue weighted by molar-refractivity contribution is 5.98. The van der Waals surface area contributed by atoms with Crippen molar-refractivity contribution in [1.29, 1.82) is 0 Å². The third-order valence-corrected chi connectivity index (χ3v) is 3.95. The van der Waals surface area contributed by atoms with Gasteiger partial charge < -0.3 is 24.3 Å². The van der Waals surface area contributed by atoms with Gasteiger partial charge in [0.15, 0.2) is 0 Å². The van der Waals surface area contributed by atoms with Crippen LogP contribution in [0.2, 0.25) is 0 Å². The molecule has 0 radical (unpaired) electrons. The topological polar surface area (TPSA) is 80.6 Å². The summed E-state index contributed by atoms with van der Waals surface area (Å²) in [5, 5.41) is 12.8. The van der Waals surface area contributed by atoms with Crippen molar-refractivity contribution in [2.75, 3.05) is 26.3 Å². The van der Waals surface area contributed by atoms with Gasteiger partial charge in [0.2, 0.25) is 0 Å². The Hall–Kier alpha value is -2.49.